The van der Waals surface area contributed by atoms with E-state index in [4.69, 9.17) is 0 Å². The zero-order chi connectivity index (χ0) is 18.4. The second-order valence-electron chi connectivity index (χ2n) is 5.98. The number of fused-ring (bicyclic) bond motifs is 1. The Morgan fingerprint density at radius 1 is 1.04 bits per heavy atom. The molecule has 3 aromatic rings. The number of urea groups is 1. The molecular formula is C20H22N4O2. The topological polar surface area (TPSA) is 86.0 Å². The number of H-pyrrole nitrogens is 1. The minimum atomic E-state index is -0.598. The second-order valence-corrected chi connectivity index (χ2v) is 5.98. The van der Waals surface area contributed by atoms with Crippen LogP contribution in [0, 0.1) is 0 Å². The molecule has 6 nitrogen and oxygen atoms in total. The highest BCUT2D eigenvalue weighted by atomic mass is 16.2. The number of nitrogens with one attached hydrogen (secondary N) is 4. The van der Waals surface area contributed by atoms with Gasteiger partial charge < -0.3 is 15.6 Å². The first kappa shape index (κ1) is 17.7. The molecule has 1 aromatic heterocycles. The zero-order valence-electron chi connectivity index (χ0n) is 14.6. The van der Waals surface area contributed by atoms with E-state index in [1.165, 1.54) is 18.0 Å². The van der Waals surface area contributed by atoms with Gasteiger partial charge in [-0.05, 0) is 23.6 Å². The highest BCUT2D eigenvalue weighted by Crippen LogP contribution is 2.18. The van der Waals surface area contributed by atoms with E-state index in [-0.39, 0.29) is 5.91 Å². The minimum Gasteiger partial charge on any atom is -0.361 e. The Balaban J connectivity index is 1.69. The number of aromatic amines is 1. The number of carbonyl (C=O) groups excluding carboxylic acids is 2. The molecule has 1 heterocycles. The molecular weight excluding hydrogens is 328 g/mol. The number of aromatic nitrogens is 1. The maximum absolute atomic E-state index is 12.5. The molecule has 3 rings (SSSR count). The lowest BCUT2D eigenvalue weighted by Gasteiger charge is -2.18. The summed E-state index contributed by atoms with van der Waals surface area (Å²) in [6, 6.07) is 16.4. The molecule has 1 atom stereocenters. The van der Waals surface area contributed by atoms with Crippen molar-refractivity contribution in [2.75, 3.05) is 13.6 Å². The molecule has 0 saturated carbocycles. The molecule has 134 valence electrons. The van der Waals surface area contributed by atoms with Crippen molar-refractivity contribution in [3.8, 4) is 0 Å². The summed E-state index contributed by atoms with van der Waals surface area (Å²) >= 11 is 0. The molecule has 0 radical (unpaired) electrons. The number of benzene rings is 2. The number of carbonyl (C=O) groups is 2. The van der Waals surface area contributed by atoms with Gasteiger partial charge in [-0.15, -0.1) is 0 Å². The van der Waals surface area contributed by atoms with E-state index in [0.717, 1.165) is 17.5 Å². The predicted octanol–water partition coefficient (Wildman–Crippen LogP) is 2.50. The Kier molecular flexibility index (Phi) is 5.66. The van der Waals surface area contributed by atoms with Crippen LogP contribution in [0.4, 0.5) is 4.79 Å². The van der Waals surface area contributed by atoms with Crippen LogP contribution >= 0.6 is 0 Å². The molecule has 4 N–H and O–H groups in total. The molecule has 0 saturated heterocycles. The Morgan fingerprint density at radius 3 is 2.54 bits per heavy atom. The summed E-state index contributed by atoms with van der Waals surface area (Å²) in [7, 11) is 1.48. The van der Waals surface area contributed by atoms with E-state index in [9.17, 15) is 9.59 Å². The SMILES string of the molecule is CNC(=O)NC(=O)[C@@H](NCCc1c[nH]c2ccccc12)c1ccccc1. The van der Waals surface area contributed by atoms with Gasteiger partial charge in [0.2, 0.25) is 5.91 Å². The quantitative estimate of drug-likeness (QED) is 0.551. The summed E-state index contributed by atoms with van der Waals surface area (Å²) < 4.78 is 0. The maximum Gasteiger partial charge on any atom is 0.321 e. The van der Waals surface area contributed by atoms with Crippen molar-refractivity contribution >= 4 is 22.8 Å². The smallest absolute Gasteiger partial charge is 0.321 e. The van der Waals surface area contributed by atoms with E-state index in [1.807, 2.05) is 54.7 Å². The van der Waals surface area contributed by atoms with Crippen LogP contribution in [0.25, 0.3) is 10.9 Å². The Hall–Kier alpha value is -3.12. The van der Waals surface area contributed by atoms with Crippen LogP contribution in [0.5, 0.6) is 0 Å². The molecule has 26 heavy (non-hydrogen) atoms. The molecule has 0 aliphatic rings. The van der Waals surface area contributed by atoms with E-state index in [2.05, 4.69) is 27.0 Å². The third kappa shape index (κ3) is 4.10. The van der Waals surface area contributed by atoms with Crippen molar-refractivity contribution in [1.82, 2.24) is 20.9 Å². The minimum absolute atomic E-state index is 0.380. The van der Waals surface area contributed by atoms with Crippen molar-refractivity contribution in [2.45, 2.75) is 12.5 Å². The first-order valence-electron chi connectivity index (χ1n) is 8.55. The van der Waals surface area contributed by atoms with E-state index in [0.29, 0.717) is 6.54 Å². The molecule has 2 aromatic carbocycles. The van der Waals surface area contributed by atoms with Gasteiger partial charge in [-0.2, -0.15) is 0 Å². The fraction of sp³-hybridized carbons (Fsp3) is 0.200. The largest absolute Gasteiger partial charge is 0.361 e. The third-order valence-corrected chi connectivity index (χ3v) is 4.28. The lowest BCUT2D eigenvalue weighted by Crippen LogP contribution is -2.44. The fourth-order valence-electron chi connectivity index (χ4n) is 2.94. The van der Waals surface area contributed by atoms with Crippen LogP contribution < -0.4 is 16.0 Å². The number of para-hydroxylation sites is 1. The van der Waals surface area contributed by atoms with Crippen LogP contribution in [-0.2, 0) is 11.2 Å². The van der Waals surface area contributed by atoms with Gasteiger partial charge in [0, 0.05) is 30.7 Å². The number of imide groups is 1. The molecule has 0 unspecified atom stereocenters. The summed E-state index contributed by atoms with van der Waals surface area (Å²) in [5, 5.41) is 9.19. The molecule has 3 amide bonds. The zero-order valence-corrected chi connectivity index (χ0v) is 14.6. The van der Waals surface area contributed by atoms with E-state index >= 15 is 0 Å². The van der Waals surface area contributed by atoms with Crippen LogP contribution in [0.1, 0.15) is 17.2 Å². The first-order valence-corrected chi connectivity index (χ1v) is 8.55. The lowest BCUT2D eigenvalue weighted by atomic mass is 10.1. The van der Waals surface area contributed by atoms with Gasteiger partial charge in [-0.1, -0.05) is 48.5 Å². The van der Waals surface area contributed by atoms with E-state index in [1.54, 1.807) is 0 Å². The average molecular weight is 350 g/mol. The average Bonchev–Trinajstić information content (AvgIpc) is 3.09. The third-order valence-electron chi connectivity index (χ3n) is 4.28. The van der Waals surface area contributed by atoms with Crippen LogP contribution in [-0.4, -0.2) is 30.5 Å². The maximum atomic E-state index is 12.5. The van der Waals surface area contributed by atoms with Crippen molar-refractivity contribution < 1.29 is 9.59 Å². The van der Waals surface area contributed by atoms with Crippen molar-refractivity contribution in [3.05, 3.63) is 71.9 Å². The van der Waals surface area contributed by atoms with Crippen molar-refractivity contribution in [3.63, 3.8) is 0 Å². The van der Waals surface area contributed by atoms with Gasteiger partial charge in [0.25, 0.3) is 0 Å². The Morgan fingerprint density at radius 2 is 1.77 bits per heavy atom. The Bertz CT molecular complexity index is 889. The first-order chi connectivity index (χ1) is 12.7. The predicted molar refractivity (Wildman–Crippen MR) is 102 cm³/mol. The number of rotatable bonds is 6. The summed E-state index contributed by atoms with van der Waals surface area (Å²) in [6.07, 6.45) is 2.76. The van der Waals surface area contributed by atoms with Crippen LogP contribution in [0.3, 0.4) is 0 Å². The highest BCUT2D eigenvalue weighted by Gasteiger charge is 2.21. The highest BCUT2D eigenvalue weighted by molar-refractivity contribution is 5.97. The number of hydrogen-bond donors (Lipinski definition) is 4. The molecule has 0 spiro atoms. The van der Waals surface area contributed by atoms with Crippen LogP contribution in [0.2, 0.25) is 0 Å². The number of hydrogen-bond acceptors (Lipinski definition) is 3. The van der Waals surface area contributed by atoms with Gasteiger partial charge in [-0.25, -0.2) is 4.79 Å². The van der Waals surface area contributed by atoms with Gasteiger partial charge >= 0.3 is 6.03 Å². The van der Waals surface area contributed by atoms with Gasteiger partial charge in [0.1, 0.15) is 6.04 Å². The van der Waals surface area contributed by atoms with Crippen molar-refractivity contribution in [1.29, 1.82) is 0 Å². The van der Waals surface area contributed by atoms with Crippen LogP contribution in [0.15, 0.2) is 60.8 Å². The van der Waals surface area contributed by atoms with E-state index < -0.39 is 12.1 Å². The fourth-order valence-corrected chi connectivity index (χ4v) is 2.94. The van der Waals surface area contributed by atoms with Crippen molar-refractivity contribution in [2.24, 2.45) is 0 Å². The molecule has 0 fully saturated rings. The molecule has 0 bridgehead atoms. The summed E-state index contributed by atoms with van der Waals surface area (Å²) in [6.45, 7) is 0.600. The molecule has 0 aliphatic carbocycles. The monoisotopic (exact) mass is 350 g/mol. The lowest BCUT2D eigenvalue weighted by molar-refractivity contribution is -0.122. The normalized spacial score (nSPS) is 11.9. The summed E-state index contributed by atoms with van der Waals surface area (Å²) in [4.78, 5) is 27.2. The van der Waals surface area contributed by atoms with Gasteiger partial charge in [0.05, 0.1) is 0 Å². The molecule has 0 aliphatic heterocycles. The second kappa shape index (κ2) is 8.31. The van der Waals surface area contributed by atoms with Gasteiger partial charge in [0.15, 0.2) is 0 Å². The van der Waals surface area contributed by atoms with Gasteiger partial charge in [-0.3, -0.25) is 10.1 Å². The summed E-state index contributed by atoms with van der Waals surface area (Å²) in [5.74, 6) is -0.380. The summed E-state index contributed by atoms with van der Waals surface area (Å²) in [5.41, 5.74) is 3.10. The Labute approximate surface area is 152 Å². The number of amides is 3. The standard InChI is InChI=1S/C20H22N4O2/c1-21-20(26)24-19(25)18(14-7-3-2-4-8-14)22-12-11-15-13-23-17-10-6-5-9-16(15)17/h2-10,13,18,22-23H,11-12H2,1H3,(H2,21,24,25,26)/t18-/m0/s1. The molecule has 6 heteroatoms.